The molecule has 1 aromatic carbocycles. The molecule has 6 heteroatoms. The molecule has 146 valence electrons. The van der Waals surface area contributed by atoms with Crippen LogP contribution in [-0.2, 0) is 16.0 Å². The SMILES string of the molecule is CCOCCOc1ccc(CN2CCC(O)(CN3CCOCC3)C2)cc1. The van der Waals surface area contributed by atoms with E-state index in [2.05, 4.69) is 21.9 Å². The first-order chi connectivity index (χ1) is 12.7. The third-order valence-electron chi connectivity index (χ3n) is 5.06. The van der Waals surface area contributed by atoms with Crippen LogP contribution in [0.5, 0.6) is 5.75 Å². The summed E-state index contributed by atoms with van der Waals surface area (Å²) >= 11 is 0. The third kappa shape index (κ3) is 5.93. The van der Waals surface area contributed by atoms with Gasteiger partial charge in [0, 0.05) is 45.9 Å². The predicted octanol–water partition coefficient (Wildman–Crippen LogP) is 1.37. The summed E-state index contributed by atoms with van der Waals surface area (Å²) in [6.45, 7) is 10.6. The van der Waals surface area contributed by atoms with E-state index in [1.165, 1.54) is 5.56 Å². The predicted molar refractivity (Wildman–Crippen MR) is 101 cm³/mol. The molecule has 2 aliphatic heterocycles. The van der Waals surface area contributed by atoms with Crippen LogP contribution >= 0.6 is 0 Å². The van der Waals surface area contributed by atoms with Crippen LogP contribution in [0.4, 0.5) is 0 Å². The van der Waals surface area contributed by atoms with Crippen LogP contribution in [0.15, 0.2) is 24.3 Å². The number of aliphatic hydroxyl groups is 1. The number of morpholine rings is 1. The molecule has 0 saturated carbocycles. The average molecular weight is 364 g/mol. The second kappa shape index (κ2) is 9.67. The largest absolute Gasteiger partial charge is 0.491 e. The summed E-state index contributed by atoms with van der Waals surface area (Å²) in [5.41, 5.74) is 0.650. The minimum atomic E-state index is -0.598. The molecule has 3 rings (SSSR count). The molecule has 2 saturated heterocycles. The Labute approximate surface area is 156 Å². The van der Waals surface area contributed by atoms with Gasteiger partial charge in [0.2, 0.25) is 0 Å². The van der Waals surface area contributed by atoms with Gasteiger partial charge in [0.25, 0.3) is 0 Å². The Hall–Kier alpha value is -1.18. The first-order valence-corrected chi connectivity index (χ1v) is 9.71. The Balaban J connectivity index is 1.43. The minimum Gasteiger partial charge on any atom is -0.491 e. The van der Waals surface area contributed by atoms with Gasteiger partial charge in [0.15, 0.2) is 0 Å². The average Bonchev–Trinajstić information content (AvgIpc) is 3.01. The van der Waals surface area contributed by atoms with E-state index in [4.69, 9.17) is 14.2 Å². The lowest BCUT2D eigenvalue weighted by Gasteiger charge is -2.33. The Kier molecular flexibility index (Phi) is 7.28. The second-order valence-corrected chi connectivity index (χ2v) is 7.26. The quantitative estimate of drug-likeness (QED) is 0.668. The van der Waals surface area contributed by atoms with Crippen molar-refractivity contribution < 1.29 is 19.3 Å². The lowest BCUT2D eigenvalue weighted by atomic mass is 10.0. The number of hydrogen-bond donors (Lipinski definition) is 1. The molecule has 26 heavy (non-hydrogen) atoms. The van der Waals surface area contributed by atoms with Crippen molar-refractivity contribution in [2.45, 2.75) is 25.5 Å². The van der Waals surface area contributed by atoms with Gasteiger partial charge in [-0.2, -0.15) is 0 Å². The molecule has 1 N–H and O–H groups in total. The zero-order valence-electron chi connectivity index (χ0n) is 15.9. The molecule has 2 heterocycles. The van der Waals surface area contributed by atoms with E-state index in [0.717, 1.165) is 71.3 Å². The van der Waals surface area contributed by atoms with Gasteiger partial charge in [0.05, 0.1) is 25.4 Å². The molecule has 0 aromatic heterocycles. The maximum atomic E-state index is 10.9. The highest BCUT2D eigenvalue weighted by Crippen LogP contribution is 2.25. The first kappa shape index (κ1) is 19.6. The fourth-order valence-corrected chi connectivity index (χ4v) is 3.69. The maximum absolute atomic E-state index is 10.9. The lowest BCUT2D eigenvalue weighted by Crippen LogP contribution is -2.48. The number of benzene rings is 1. The van der Waals surface area contributed by atoms with Crippen molar-refractivity contribution in [3.63, 3.8) is 0 Å². The van der Waals surface area contributed by atoms with E-state index in [1.54, 1.807) is 0 Å². The fourth-order valence-electron chi connectivity index (χ4n) is 3.69. The van der Waals surface area contributed by atoms with Crippen molar-refractivity contribution in [2.75, 3.05) is 65.8 Å². The molecule has 0 aliphatic carbocycles. The van der Waals surface area contributed by atoms with Crippen LogP contribution in [0.2, 0.25) is 0 Å². The number of ether oxygens (including phenoxy) is 3. The van der Waals surface area contributed by atoms with Crippen LogP contribution in [0.1, 0.15) is 18.9 Å². The zero-order valence-corrected chi connectivity index (χ0v) is 15.9. The van der Waals surface area contributed by atoms with Gasteiger partial charge in [-0.15, -0.1) is 0 Å². The van der Waals surface area contributed by atoms with Crippen molar-refractivity contribution in [1.29, 1.82) is 0 Å². The normalized spacial score (nSPS) is 24.8. The van der Waals surface area contributed by atoms with Gasteiger partial charge in [0.1, 0.15) is 12.4 Å². The number of likely N-dealkylation sites (tertiary alicyclic amines) is 1. The highest BCUT2D eigenvalue weighted by molar-refractivity contribution is 5.27. The molecule has 6 nitrogen and oxygen atoms in total. The summed E-state index contributed by atoms with van der Waals surface area (Å²) in [5, 5.41) is 10.9. The summed E-state index contributed by atoms with van der Waals surface area (Å²) in [4.78, 5) is 4.66. The monoisotopic (exact) mass is 364 g/mol. The summed E-state index contributed by atoms with van der Waals surface area (Å²) < 4.78 is 16.3. The molecule has 0 amide bonds. The molecule has 2 aliphatic rings. The van der Waals surface area contributed by atoms with Gasteiger partial charge in [-0.25, -0.2) is 0 Å². The summed E-state index contributed by atoms with van der Waals surface area (Å²) in [6, 6.07) is 8.24. The fraction of sp³-hybridized carbons (Fsp3) is 0.700. The number of rotatable bonds is 9. The van der Waals surface area contributed by atoms with Crippen LogP contribution in [0.3, 0.4) is 0 Å². The molecule has 1 unspecified atom stereocenters. The zero-order chi connectivity index (χ0) is 18.2. The minimum absolute atomic E-state index is 0.577. The third-order valence-corrected chi connectivity index (χ3v) is 5.06. The van der Waals surface area contributed by atoms with Gasteiger partial charge in [-0.05, 0) is 31.0 Å². The first-order valence-electron chi connectivity index (χ1n) is 9.71. The molecule has 0 bridgehead atoms. The van der Waals surface area contributed by atoms with E-state index < -0.39 is 5.60 Å². The van der Waals surface area contributed by atoms with Crippen molar-refractivity contribution in [2.24, 2.45) is 0 Å². The Morgan fingerprint density at radius 2 is 1.85 bits per heavy atom. The van der Waals surface area contributed by atoms with Crippen LogP contribution in [0.25, 0.3) is 0 Å². The smallest absolute Gasteiger partial charge is 0.119 e. The molecule has 1 aromatic rings. The van der Waals surface area contributed by atoms with Crippen LogP contribution in [0, 0.1) is 0 Å². The Morgan fingerprint density at radius 1 is 1.08 bits per heavy atom. The van der Waals surface area contributed by atoms with Crippen LogP contribution < -0.4 is 4.74 Å². The Bertz CT molecular complexity index is 533. The molecule has 0 spiro atoms. The van der Waals surface area contributed by atoms with Gasteiger partial charge in [-0.1, -0.05) is 12.1 Å². The molecule has 2 fully saturated rings. The van der Waals surface area contributed by atoms with E-state index >= 15 is 0 Å². The highest BCUT2D eigenvalue weighted by Gasteiger charge is 2.37. The van der Waals surface area contributed by atoms with Crippen LogP contribution in [-0.4, -0.2) is 86.3 Å². The lowest BCUT2D eigenvalue weighted by molar-refractivity contribution is -0.0266. The van der Waals surface area contributed by atoms with Gasteiger partial charge >= 0.3 is 0 Å². The number of hydrogen-bond acceptors (Lipinski definition) is 6. The number of nitrogens with zero attached hydrogens (tertiary/aromatic N) is 2. The molecular formula is C20H32N2O4. The standard InChI is InChI=1S/C20H32N2O4/c1-2-24-13-14-26-19-5-3-18(4-6-19)15-22-8-7-20(23,17-22)16-21-9-11-25-12-10-21/h3-6,23H,2,7-17H2,1H3. The van der Waals surface area contributed by atoms with E-state index in [-0.39, 0.29) is 0 Å². The maximum Gasteiger partial charge on any atom is 0.119 e. The van der Waals surface area contributed by atoms with E-state index in [1.807, 2.05) is 19.1 Å². The summed E-state index contributed by atoms with van der Waals surface area (Å²) in [6.07, 6.45) is 0.836. The topological polar surface area (TPSA) is 54.4 Å². The summed E-state index contributed by atoms with van der Waals surface area (Å²) in [7, 11) is 0. The highest BCUT2D eigenvalue weighted by atomic mass is 16.5. The van der Waals surface area contributed by atoms with Gasteiger partial charge in [-0.3, -0.25) is 9.80 Å². The van der Waals surface area contributed by atoms with Gasteiger partial charge < -0.3 is 19.3 Å². The van der Waals surface area contributed by atoms with E-state index in [9.17, 15) is 5.11 Å². The molecular weight excluding hydrogens is 332 g/mol. The molecule has 0 radical (unpaired) electrons. The second-order valence-electron chi connectivity index (χ2n) is 7.26. The van der Waals surface area contributed by atoms with Crippen molar-refractivity contribution in [1.82, 2.24) is 9.80 Å². The van der Waals surface area contributed by atoms with Crippen molar-refractivity contribution >= 4 is 0 Å². The van der Waals surface area contributed by atoms with E-state index in [0.29, 0.717) is 13.2 Å². The summed E-state index contributed by atoms with van der Waals surface area (Å²) in [5.74, 6) is 0.874. The molecule has 1 atom stereocenters. The van der Waals surface area contributed by atoms with Crippen molar-refractivity contribution in [3.05, 3.63) is 29.8 Å². The number of β-amino-alcohol motifs (C(OH)–C–C–N with tert-alkyl or cyclic N) is 1. The van der Waals surface area contributed by atoms with Crippen molar-refractivity contribution in [3.8, 4) is 5.75 Å². The Morgan fingerprint density at radius 3 is 2.58 bits per heavy atom.